The first-order chi connectivity index (χ1) is 3.68. The number of esters is 1. The van der Waals surface area contributed by atoms with Crippen LogP contribution < -0.4 is 0 Å². The van der Waals surface area contributed by atoms with Crippen molar-refractivity contribution in [1.29, 1.82) is 0 Å². The summed E-state index contributed by atoms with van der Waals surface area (Å²) in [6, 6.07) is 0. The van der Waals surface area contributed by atoms with Crippen LogP contribution in [-0.4, -0.2) is 17.1 Å². The normalized spacial score (nSPS) is 12.9. The third kappa shape index (κ3) is 3.39. The molecule has 0 aromatic heterocycles. The zero-order valence-electron chi connectivity index (χ0n) is 4.56. The van der Waals surface area contributed by atoms with E-state index in [4.69, 9.17) is 0 Å². The molecular formula is C4H8BrO2P. The molecular weight excluding hydrogens is 191 g/mol. The van der Waals surface area contributed by atoms with Crippen molar-refractivity contribution in [2.75, 3.05) is 6.61 Å². The Labute approximate surface area is 59.3 Å². The fraction of sp³-hybridized carbons (Fsp3) is 0.750. The number of carbonyl (C=O) groups is 1. The van der Waals surface area contributed by atoms with Crippen LogP contribution in [0.4, 0.5) is 0 Å². The first-order valence-electron chi connectivity index (χ1n) is 2.24. The largest absolute Gasteiger partial charge is 0.465 e. The molecule has 0 aliphatic heterocycles. The highest BCUT2D eigenvalue weighted by Gasteiger charge is 2.07. The van der Waals surface area contributed by atoms with Crippen LogP contribution in [0, 0.1) is 0 Å². The molecule has 4 heteroatoms. The predicted octanol–water partition coefficient (Wildman–Crippen LogP) is 1.15. The number of carbonyl (C=O) groups excluding carboxylic acids is 1. The zero-order valence-corrected chi connectivity index (χ0v) is 7.30. The summed E-state index contributed by atoms with van der Waals surface area (Å²) in [4.78, 5) is 10.5. The van der Waals surface area contributed by atoms with E-state index in [1.165, 1.54) is 0 Å². The van der Waals surface area contributed by atoms with Gasteiger partial charge in [0.2, 0.25) is 0 Å². The maximum Gasteiger partial charge on any atom is 0.323 e. The average molecular weight is 199 g/mol. The molecule has 0 amide bonds. The molecule has 2 atom stereocenters. The Kier molecular flexibility index (Phi) is 4.48. The molecule has 2 nitrogen and oxygen atoms in total. The standard InChI is InChI=1S/C4H8BrO2P/c1-2-7-4(6)3(5)8/h3H,2,8H2,1H3. The fourth-order valence-corrected chi connectivity index (χ4v) is 0.450. The third-order valence-corrected chi connectivity index (χ3v) is 1.16. The van der Waals surface area contributed by atoms with Gasteiger partial charge in [0.1, 0.15) is 4.57 Å². The maximum atomic E-state index is 10.5. The summed E-state index contributed by atoms with van der Waals surface area (Å²) in [5.41, 5.74) is 0. The first kappa shape index (κ1) is 8.38. The highest BCUT2D eigenvalue weighted by atomic mass is 79.9. The van der Waals surface area contributed by atoms with Crippen LogP contribution in [0.3, 0.4) is 0 Å². The summed E-state index contributed by atoms with van der Waals surface area (Å²) >= 11 is 3.03. The van der Waals surface area contributed by atoms with E-state index in [1.807, 2.05) is 0 Å². The van der Waals surface area contributed by atoms with Crippen molar-refractivity contribution in [3.05, 3.63) is 0 Å². The summed E-state index contributed by atoms with van der Waals surface area (Å²) in [5, 5.41) is 0. The molecule has 48 valence electrons. The maximum absolute atomic E-state index is 10.5. The molecule has 0 spiro atoms. The minimum absolute atomic E-state index is 0.238. The minimum Gasteiger partial charge on any atom is -0.465 e. The van der Waals surface area contributed by atoms with E-state index >= 15 is 0 Å². The van der Waals surface area contributed by atoms with Gasteiger partial charge in [0.05, 0.1) is 6.61 Å². The van der Waals surface area contributed by atoms with Gasteiger partial charge in [0.15, 0.2) is 0 Å². The van der Waals surface area contributed by atoms with Gasteiger partial charge in [-0.2, -0.15) is 0 Å². The fourth-order valence-electron chi connectivity index (χ4n) is 0.222. The molecule has 0 rings (SSSR count). The number of alkyl halides is 1. The molecule has 0 aromatic rings. The van der Waals surface area contributed by atoms with Gasteiger partial charge in [-0.25, -0.2) is 0 Å². The average Bonchev–Trinajstić information content (AvgIpc) is 1.67. The molecule has 0 saturated heterocycles. The lowest BCUT2D eigenvalue weighted by atomic mass is 10.8. The third-order valence-electron chi connectivity index (χ3n) is 0.512. The smallest absolute Gasteiger partial charge is 0.323 e. The SMILES string of the molecule is CCOC(=O)C(P)Br. The van der Waals surface area contributed by atoms with Crippen molar-refractivity contribution in [2.45, 2.75) is 11.5 Å². The number of rotatable bonds is 2. The number of ether oxygens (including phenoxy) is 1. The van der Waals surface area contributed by atoms with Crippen LogP contribution in [0.1, 0.15) is 6.92 Å². The van der Waals surface area contributed by atoms with E-state index in [-0.39, 0.29) is 10.5 Å². The van der Waals surface area contributed by atoms with Gasteiger partial charge in [0, 0.05) is 0 Å². The van der Waals surface area contributed by atoms with Crippen LogP contribution >= 0.6 is 25.2 Å². The Morgan fingerprint density at radius 3 is 2.62 bits per heavy atom. The summed E-state index contributed by atoms with van der Waals surface area (Å²) in [5.74, 6) is -0.238. The van der Waals surface area contributed by atoms with Gasteiger partial charge in [-0.15, -0.1) is 9.24 Å². The molecule has 0 bridgehead atoms. The lowest BCUT2D eigenvalue weighted by molar-refractivity contribution is -0.140. The second kappa shape index (κ2) is 4.28. The molecule has 0 saturated carbocycles. The summed E-state index contributed by atoms with van der Waals surface area (Å²) in [6.07, 6.45) is 0. The Hall–Kier alpha value is 0.380. The molecule has 0 N–H and O–H groups in total. The molecule has 0 heterocycles. The van der Waals surface area contributed by atoms with Crippen LogP contribution in [0.2, 0.25) is 0 Å². The highest BCUT2D eigenvalue weighted by molar-refractivity contribution is 9.10. The van der Waals surface area contributed by atoms with Crippen molar-refractivity contribution in [3.63, 3.8) is 0 Å². The van der Waals surface area contributed by atoms with Gasteiger partial charge in [0.25, 0.3) is 0 Å². The molecule has 0 aromatic carbocycles. The van der Waals surface area contributed by atoms with Crippen molar-refractivity contribution in [1.82, 2.24) is 0 Å². The van der Waals surface area contributed by atoms with Crippen molar-refractivity contribution in [3.8, 4) is 0 Å². The Morgan fingerprint density at radius 1 is 2.00 bits per heavy atom. The number of hydrogen-bond donors (Lipinski definition) is 0. The summed E-state index contributed by atoms with van der Waals surface area (Å²) in [6.45, 7) is 2.22. The Balaban J connectivity index is 3.33. The van der Waals surface area contributed by atoms with Gasteiger partial charge in [-0.3, -0.25) is 4.79 Å². The summed E-state index contributed by atoms with van der Waals surface area (Å²) in [7, 11) is 2.29. The van der Waals surface area contributed by atoms with Gasteiger partial charge in [-0.05, 0) is 6.92 Å². The van der Waals surface area contributed by atoms with E-state index in [0.717, 1.165) is 0 Å². The van der Waals surface area contributed by atoms with Crippen molar-refractivity contribution in [2.24, 2.45) is 0 Å². The second-order valence-electron chi connectivity index (χ2n) is 1.15. The van der Waals surface area contributed by atoms with E-state index in [0.29, 0.717) is 6.61 Å². The molecule has 0 fully saturated rings. The Bertz CT molecular complexity index is 84.1. The molecule has 2 unspecified atom stereocenters. The molecule has 0 radical (unpaired) electrons. The van der Waals surface area contributed by atoms with E-state index in [9.17, 15) is 4.79 Å². The number of hydrogen-bond acceptors (Lipinski definition) is 2. The summed E-state index contributed by atoms with van der Waals surface area (Å²) < 4.78 is 4.34. The highest BCUT2D eigenvalue weighted by Crippen LogP contribution is 2.09. The second-order valence-corrected chi connectivity index (χ2v) is 3.78. The van der Waals surface area contributed by atoms with Crippen molar-refractivity contribution < 1.29 is 9.53 Å². The lowest BCUT2D eigenvalue weighted by Gasteiger charge is -2.00. The minimum atomic E-state index is -0.262. The predicted molar refractivity (Wildman–Crippen MR) is 39.1 cm³/mol. The number of halogens is 1. The van der Waals surface area contributed by atoms with Gasteiger partial charge >= 0.3 is 5.97 Å². The van der Waals surface area contributed by atoms with Crippen LogP contribution in [0.25, 0.3) is 0 Å². The van der Waals surface area contributed by atoms with E-state index in [2.05, 4.69) is 29.9 Å². The van der Waals surface area contributed by atoms with Gasteiger partial charge < -0.3 is 4.74 Å². The topological polar surface area (TPSA) is 26.3 Å². The monoisotopic (exact) mass is 198 g/mol. The van der Waals surface area contributed by atoms with Crippen LogP contribution in [0.15, 0.2) is 0 Å². The first-order valence-corrected chi connectivity index (χ1v) is 3.83. The molecule has 8 heavy (non-hydrogen) atoms. The quantitative estimate of drug-likeness (QED) is 0.378. The van der Waals surface area contributed by atoms with Crippen LogP contribution in [0.5, 0.6) is 0 Å². The molecule has 0 aliphatic rings. The lowest BCUT2D eigenvalue weighted by Crippen LogP contribution is -2.10. The zero-order chi connectivity index (χ0) is 6.57. The van der Waals surface area contributed by atoms with Gasteiger partial charge in [-0.1, -0.05) is 15.9 Å². The van der Waals surface area contributed by atoms with E-state index < -0.39 is 0 Å². The van der Waals surface area contributed by atoms with Crippen molar-refractivity contribution >= 4 is 31.1 Å². The molecule has 0 aliphatic carbocycles. The van der Waals surface area contributed by atoms with E-state index in [1.54, 1.807) is 6.92 Å². The van der Waals surface area contributed by atoms with Crippen LogP contribution in [-0.2, 0) is 9.53 Å². The Morgan fingerprint density at radius 2 is 2.50 bits per heavy atom.